The van der Waals surface area contributed by atoms with E-state index in [-0.39, 0.29) is 24.0 Å². The van der Waals surface area contributed by atoms with Gasteiger partial charge in [-0.05, 0) is 51.1 Å². The summed E-state index contributed by atoms with van der Waals surface area (Å²) in [5.41, 5.74) is 0.864. The molecule has 0 aromatic heterocycles. The normalized spacial score (nSPS) is 22.8. The molecule has 128 valence electrons. The van der Waals surface area contributed by atoms with Crippen LogP contribution in [0.25, 0.3) is 0 Å². The van der Waals surface area contributed by atoms with E-state index in [4.69, 9.17) is 0 Å². The van der Waals surface area contributed by atoms with Gasteiger partial charge in [-0.1, -0.05) is 25.0 Å². The van der Waals surface area contributed by atoms with E-state index in [1.165, 1.54) is 6.42 Å². The van der Waals surface area contributed by atoms with E-state index >= 15 is 0 Å². The topological polar surface area (TPSA) is 52.6 Å². The predicted octanol–water partition coefficient (Wildman–Crippen LogP) is 3.22. The first-order valence-corrected chi connectivity index (χ1v) is 9.57. The second-order valence-corrected chi connectivity index (χ2v) is 7.27. The lowest BCUT2D eigenvalue weighted by Gasteiger charge is -2.33. The molecular formula is C18H28N2O2S. The van der Waals surface area contributed by atoms with Gasteiger partial charge in [-0.25, -0.2) is 0 Å². The Kier molecular flexibility index (Phi) is 6.93. The molecule has 1 aliphatic carbocycles. The van der Waals surface area contributed by atoms with Gasteiger partial charge < -0.3 is 10.4 Å². The van der Waals surface area contributed by atoms with Crippen LogP contribution in [0.2, 0.25) is 0 Å². The highest BCUT2D eigenvalue weighted by atomic mass is 32.2. The number of benzene rings is 1. The fraction of sp³-hybridized carbons (Fsp3) is 0.611. The van der Waals surface area contributed by atoms with Gasteiger partial charge in [0.1, 0.15) is 0 Å². The Morgan fingerprint density at radius 3 is 2.78 bits per heavy atom. The largest absolute Gasteiger partial charge is 0.393 e. The highest BCUT2D eigenvalue weighted by Gasteiger charge is 2.27. The van der Waals surface area contributed by atoms with Crippen LogP contribution in [0.1, 0.15) is 32.6 Å². The van der Waals surface area contributed by atoms with Crippen molar-refractivity contribution in [3.05, 3.63) is 24.3 Å². The third-order valence-corrected chi connectivity index (χ3v) is 5.59. The van der Waals surface area contributed by atoms with Crippen LogP contribution < -0.4 is 5.32 Å². The molecule has 1 fully saturated rings. The number of hydrogen-bond donors (Lipinski definition) is 2. The maximum atomic E-state index is 12.5. The van der Waals surface area contributed by atoms with E-state index in [0.29, 0.717) is 0 Å². The summed E-state index contributed by atoms with van der Waals surface area (Å²) in [5, 5.41) is 13.1. The molecule has 0 spiro atoms. The SMILES string of the molecule is CSc1ccccc1NC(=O)C(C)N(C)CC1CCCCC1O. The van der Waals surface area contributed by atoms with E-state index in [1.807, 2.05) is 44.5 Å². The zero-order valence-corrected chi connectivity index (χ0v) is 15.1. The van der Waals surface area contributed by atoms with E-state index in [1.54, 1.807) is 11.8 Å². The van der Waals surface area contributed by atoms with Gasteiger partial charge >= 0.3 is 0 Å². The summed E-state index contributed by atoms with van der Waals surface area (Å²) in [4.78, 5) is 15.6. The molecule has 3 unspecified atom stereocenters. The van der Waals surface area contributed by atoms with E-state index in [9.17, 15) is 9.90 Å². The van der Waals surface area contributed by atoms with E-state index in [0.717, 1.165) is 36.4 Å². The van der Waals surface area contributed by atoms with Gasteiger partial charge in [-0.2, -0.15) is 0 Å². The van der Waals surface area contributed by atoms with Gasteiger partial charge in [-0.3, -0.25) is 9.69 Å². The van der Waals surface area contributed by atoms with E-state index in [2.05, 4.69) is 10.2 Å². The van der Waals surface area contributed by atoms with Crippen molar-refractivity contribution in [3.8, 4) is 0 Å². The fourth-order valence-electron chi connectivity index (χ4n) is 3.11. The first-order valence-electron chi connectivity index (χ1n) is 8.35. The number of carbonyl (C=O) groups is 1. The highest BCUT2D eigenvalue weighted by Crippen LogP contribution is 2.26. The Morgan fingerprint density at radius 2 is 2.09 bits per heavy atom. The van der Waals surface area contributed by atoms with Crippen LogP contribution in [0.4, 0.5) is 5.69 Å². The number of carbonyl (C=O) groups excluding carboxylic acids is 1. The van der Waals surface area contributed by atoms with Crippen LogP contribution in [0, 0.1) is 5.92 Å². The van der Waals surface area contributed by atoms with Crippen LogP contribution in [-0.2, 0) is 4.79 Å². The minimum atomic E-state index is -0.223. The summed E-state index contributed by atoms with van der Waals surface area (Å²) in [7, 11) is 1.96. The summed E-state index contributed by atoms with van der Waals surface area (Å²) in [5.74, 6) is 0.279. The molecule has 2 N–H and O–H groups in total. The van der Waals surface area contributed by atoms with Crippen LogP contribution in [-0.4, -0.2) is 47.9 Å². The number of anilines is 1. The third kappa shape index (κ3) is 4.96. The Bertz CT molecular complexity index is 523. The molecule has 23 heavy (non-hydrogen) atoms. The molecule has 0 saturated heterocycles. The van der Waals surface area contributed by atoms with Crippen LogP contribution in [0.3, 0.4) is 0 Å². The summed E-state index contributed by atoms with van der Waals surface area (Å²) < 4.78 is 0. The smallest absolute Gasteiger partial charge is 0.241 e. The number of nitrogens with zero attached hydrogens (tertiary/aromatic N) is 1. The molecule has 0 radical (unpaired) electrons. The Balaban J connectivity index is 1.93. The number of nitrogens with one attached hydrogen (secondary N) is 1. The molecule has 1 aromatic rings. The van der Waals surface area contributed by atoms with Gasteiger partial charge in [0.2, 0.25) is 5.91 Å². The average Bonchev–Trinajstić information content (AvgIpc) is 2.56. The van der Waals surface area contributed by atoms with Crippen molar-refractivity contribution in [2.24, 2.45) is 5.92 Å². The van der Waals surface area contributed by atoms with Crippen molar-refractivity contribution < 1.29 is 9.90 Å². The maximum Gasteiger partial charge on any atom is 0.241 e. The maximum absolute atomic E-state index is 12.5. The number of aliphatic hydroxyl groups is 1. The lowest BCUT2D eigenvalue weighted by atomic mass is 9.86. The number of aliphatic hydroxyl groups excluding tert-OH is 1. The molecule has 4 nitrogen and oxygen atoms in total. The second-order valence-electron chi connectivity index (χ2n) is 6.42. The molecule has 2 rings (SSSR count). The molecule has 1 aliphatic rings. The van der Waals surface area contributed by atoms with Crippen LogP contribution in [0.5, 0.6) is 0 Å². The zero-order valence-electron chi connectivity index (χ0n) is 14.3. The molecule has 0 heterocycles. The van der Waals surface area contributed by atoms with E-state index < -0.39 is 0 Å². The number of thioether (sulfide) groups is 1. The fourth-order valence-corrected chi connectivity index (χ4v) is 3.67. The van der Waals surface area contributed by atoms with Crippen molar-refractivity contribution in [2.45, 2.75) is 49.6 Å². The molecule has 0 bridgehead atoms. The first kappa shape index (κ1) is 18.3. The summed E-state index contributed by atoms with van der Waals surface area (Å²) in [6.45, 7) is 2.69. The number of likely N-dealkylation sites (N-methyl/N-ethyl adjacent to an activating group) is 1. The number of rotatable bonds is 6. The summed E-state index contributed by atoms with van der Waals surface area (Å²) >= 11 is 1.62. The molecule has 0 aliphatic heterocycles. The molecule has 1 saturated carbocycles. The molecule has 1 aromatic carbocycles. The van der Waals surface area contributed by atoms with Gasteiger partial charge in [-0.15, -0.1) is 11.8 Å². The number of amides is 1. The monoisotopic (exact) mass is 336 g/mol. The number of hydrogen-bond acceptors (Lipinski definition) is 4. The van der Waals surface area contributed by atoms with Crippen LogP contribution in [0.15, 0.2) is 29.2 Å². The second kappa shape index (κ2) is 8.71. The predicted molar refractivity (Wildman–Crippen MR) is 96.9 cm³/mol. The summed E-state index contributed by atoms with van der Waals surface area (Å²) in [6.07, 6.45) is 6.01. The molecule has 1 amide bonds. The average molecular weight is 337 g/mol. The van der Waals surface area contributed by atoms with Crippen molar-refractivity contribution in [3.63, 3.8) is 0 Å². The van der Waals surface area contributed by atoms with Gasteiger partial charge in [0, 0.05) is 11.4 Å². The van der Waals surface area contributed by atoms with Crippen molar-refractivity contribution >= 4 is 23.4 Å². The molecule has 3 atom stereocenters. The number of para-hydroxylation sites is 1. The van der Waals surface area contributed by atoms with Crippen molar-refractivity contribution in [2.75, 3.05) is 25.2 Å². The standard InChI is InChI=1S/C18H28N2O2S/c1-13(20(2)12-14-8-4-6-10-16(14)21)18(22)19-15-9-5-7-11-17(15)23-3/h5,7,9,11,13-14,16,21H,4,6,8,10,12H2,1-3H3,(H,19,22). The first-order chi connectivity index (χ1) is 11.0. The van der Waals surface area contributed by atoms with Gasteiger partial charge in [0.05, 0.1) is 17.8 Å². The van der Waals surface area contributed by atoms with Gasteiger partial charge in [0.25, 0.3) is 0 Å². The van der Waals surface area contributed by atoms with Crippen molar-refractivity contribution in [1.29, 1.82) is 0 Å². The highest BCUT2D eigenvalue weighted by molar-refractivity contribution is 7.98. The minimum Gasteiger partial charge on any atom is -0.393 e. The Morgan fingerprint density at radius 1 is 1.39 bits per heavy atom. The van der Waals surface area contributed by atoms with Crippen LogP contribution >= 0.6 is 11.8 Å². The lowest BCUT2D eigenvalue weighted by Crippen LogP contribution is -2.44. The Labute approximate surface area is 143 Å². The third-order valence-electron chi connectivity index (χ3n) is 4.80. The quantitative estimate of drug-likeness (QED) is 0.783. The van der Waals surface area contributed by atoms with Crippen molar-refractivity contribution in [1.82, 2.24) is 4.90 Å². The minimum absolute atomic E-state index is 0.000649. The zero-order chi connectivity index (χ0) is 16.8. The summed E-state index contributed by atoms with van der Waals surface area (Å²) in [6, 6.07) is 7.62. The molecule has 5 heteroatoms. The Hall–Kier alpha value is -1.04. The lowest BCUT2D eigenvalue weighted by molar-refractivity contribution is -0.120. The van der Waals surface area contributed by atoms with Gasteiger partial charge in [0.15, 0.2) is 0 Å². The molecular weight excluding hydrogens is 308 g/mol.